The molecule has 0 aliphatic carbocycles. The van der Waals surface area contributed by atoms with E-state index in [9.17, 15) is 0 Å². The van der Waals surface area contributed by atoms with Crippen LogP contribution < -0.4 is 10.5 Å². The van der Waals surface area contributed by atoms with Crippen LogP contribution in [0.1, 0.15) is 18.4 Å². The fraction of sp³-hybridized carbons (Fsp3) is 0.625. The maximum atomic E-state index is 5.88. The molecule has 1 aromatic carbocycles. The van der Waals surface area contributed by atoms with E-state index < -0.39 is 0 Å². The maximum Gasteiger partial charge on any atom is 0.122 e. The van der Waals surface area contributed by atoms with E-state index >= 15 is 0 Å². The van der Waals surface area contributed by atoms with E-state index in [2.05, 4.69) is 17.9 Å². The first-order valence-electron chi connectivity index (χ1n) is 7.40. The zero-order valence-electron chi connectivity index (χ0n) is 12.5. The number of benzene rings is 1. The smallest absolute Gasteiger partial charge is 0.122 e. The first-order chi connectivity index (χ1) is 9.74. The molecule has 2 atom stereocenters. The van der Waals surface area contributed by atoms with Crippen LogP contribution in [-0.4, -0.2) is 50.4 Å². The second-order valence-corrected chi connectivity index (χ2v) is 5.42. The average molecular weight is 278 g/mol. The zero-order valence-corrected chi connectivity index (χ0v) is 12.5. The zero-order chi connectivity index (χ0) is 14.4. The lowest BCUT2D eigenvalue weighted by Gasteiger charge is -2.38. The molecule has 1 aliphatic heterocycles. The molecule has 4 nitrogen and oxygen atoms in total. The summed E-state index contributed by atoms with van der Waals surface area (Å²) in [6.45, 7) is 5.43. The maximum absolute atomic E-state index is 5.88. The fourth-order valence-corrected chi connectivity index (χ4v) is 2.81. The van der Waals surface area contributed by atoms with Crippen molar-refractivity contribution in [2.45, 2.75) is 31.9 Å². The van der Waals surface area contributed by atoms with Crippen LogP contribution in [0.5, 0.6) is 5.75 Å². The number of rotatable bonds is 6. The number of para-hydroxylation sites is 1. The van der Waals surface area contributed by atoms with Gasteiger partial charge in [-0.1, -0.05) is 18.2 Å². The highest BCUT2D eigenvalue weighted by atomic mass is 16.5. The lowest BCUT2D eigenvalue weighted by molar-refractivity contribution is 0.00921. The molecule has 1 fully saturated rings. The van der Waals surface area contributed by atoms with Crippen LogP contribution >= 0.6 is 0 Å². The van der Waals surface area contributed by atoms with Gasteiger partial charge in [-0.25, -0.2) is 0 Å². The van der Waals surface area contributed by atoms with Crippen molar-refractivity contribution >= 4 is 0 Å². The Balaban J connectivity index is 1.80. The summed E-state index contributed by atoms with van der Waals surface area (Å²) in [6, 6.07) is 8.54. The second-order valence-electron chi connectivity index (χ2n) is 5.42. The van der Waals surface area contributed by atoms with Gasteiger partial charge in [0.2, 0.25) is 0 Å². The highest BCUT2D eigenvalue weighted by molar-refractivity contribution is 5.31. The Labute approximate surface area is 121 Å². The monoisotopic (exact) mass is 278 g/mol. The van der Waals surface area contributed by atoms with Gasteiger partial charge in [-0.05, 0) is 31.4 Å². The van der Waals surface area contributed by atoms with E-state index in [0.717, 1.165) is 31.7 Å². The summed E-state index contributed by atoms with van der Waals surface area (Å²) in [4.78, 5) is 2.42. The molecule has 2 rings (SSSR count). The third kappa shape index (κ3) is 3.95. The Hall–Kier alpha value is -1.10. The van der Waals surface area contributed by atoms with Crippen LogP contribution in [0.3, 0.4) is 0 Å². The summed E-state index contributed by atoms with van der Waals surface area (Å²) in [5.41, 5.74) is 7.06. The number of methoxy groups -OCH3 is 1. The van der Waals surface area contributed by atoms with Crippen molar-refractivity contribution in [1.82, 2.24) is 4.90 Å². The predicted molar refractivity (Wildman–Crippen MR) is 81.1 cm³/mol. The van der Waals surface area contributed by atoms with E-state index in [1.807, 2.05) is 18.2 Å². The van der Waals surface area contributed by atoms with Crippen LogP contribution in [0, 0.1) is 6.92 Å². The van der Waals surface area contributed by atoms with Gasteiger partial charge in [0.05, 0.1) is 6.10 Å². The number of piperidine rings is 1. The van der Waals surface area contributed by atoms with Gasteiger partial charge >= 0.3 is 0 Å². The number of hydrogen-bond donors (Lipinski definition) is 1. The summed E-state index contributed by atoms with van der Waals surface area (Å²) in [5, 5.41) is 0. The van der Waals surface area contributed by atoms with Crippen molar-refractivity contribution in [3.63, 3.8) is 0 Å². The molecule has 0 spiro atoms. The summed E-state index contributed by atoms with van der Waals surface area (Å²) in [5.74, 6) is 0.976. The molecule has 0 bridgehead atoms. The molecule has 2 unspecified atom stereocenters. The van der Waals surface area contributed by atoms with Crippen LogP contribution in [0.2, 0.25) is 0 Å². The van der Waals surface area contributed by atoms with Gasteiger partial charge in [0.1, 0.15) is 12.4 Å². The molecule has 1 aromatic rings. The molecule has 20 heavy (non-hydrogen) atoms. The second kappa shape index (κ2) is 7.62. The molecular weight excluding hydrogens is 252 g/mol. The topological polar surface area (TPSA) is 47.7 Å². The molecule has 1 heterocycles. The third-order valence-electron chi connectivity index (χ3n) is 4.12. The first kappa shape index (κ1) is 15.3. The standard InChI is InChI=1S/C16H26N2O2/c1-13-5-3-4-6-16(13)20-10-9-18-8-7-15(19-2)11-14(18)12-17/h3-6,14-15H,7-12,17H2,1-2H3. The van der Waals surface area contributed by atoms with Crippen molar-refractivity contribution in [3.8, 4) is 5.75 Å². The van der Waals surface area contributed by atoms with E-state index in [0.29, 0.717) is 25.3 Å². The Morgan fingerprint density at radius 3 is 2.85 bits per heavy atom. The Bertz CT molecular complexity index is 411. The molecule has 1 saturated heterocycles. The number of ether oxygens (including phenoxy) is 2. The first-order valence-corrected chi connectivity index (χ1v) is 7.40. The quantitative estimate of drug-likeness (QED) is 0.862. The summed E-state index contributed by atoms with van der Waals surface area (Å²) < 4.78 is 11.3. The molecule has 0 radical (unpaired) electrons. The third-order valence-corrected chi connectivity index (χ3v) is 4.12. The minimum atomic E-state index is 0.358. The number of aryl methyl sites for hydroxylation is 1. The minimum absolute atomic E-state index is 0.358. The number of hydrogen-bond acceptors (Lipinski definition) is 4. The van der Waals surface area contributed by atoms with Gasteiger partial charge < -0.3 is 15.2 Å². The molecule has 1 aliphatic rings. The van der Waals surface area contributed by atoms with Crippen LogP contribution in [-0.2, 0) is 4.74 Å². The molecule has 0 aromatic heterocycles. The minimum Gasteiger partial charge on any atom is -0.492 e. The van der Waals surface area contributed by atoms with E-state index in [4.69, 9.17) is 15.2 Å². The van der Waals surface area contributed by atoms with Gasteiger partial charge in [-0.15, -0.1) is 0 Å². The highest BCUT2D eigenvalue weighted by Crippen LogP contribution is 2.20. The highest BCUT2D eigenvalue weighted by Gasteiger charge is 2.27. The van der Waals surface area contributed by atoms with Crippen molar-refractivity contribution in [1.29, 1.82) is 0 Å². The Kier molecular flexibility index (Phi) is 5.83. The average Bonchev–Trinajstić information content (AvgIpc) is 2.49. The summed E-state index contributed by atoms with van der Waals surface area (Å²) >= 11 is 0. The number of nitrogens with two attached hydrogens (primary N) is 1. The molecule has 2 N–H and O–H groups in total. The van der Waals surface area contributed by atoms with Crippen molar-refractivity contribution in [2.24, 2.45) is 5.73 Å². The van der Waals surface area contributed by atoms with Crippen LogP contribution in [0.4, 0.5) is 0 Å². The van der Waals surface area contributed by atoms with E-state index in [1.54, 1.807) is 7.11 Å². The van der Waals surface area contributed by atoms with Gasteiger partial charge in [-0.2, -0.15) is 0 Å². The lowest BCUT2D eigenvalue weighted by atomic mass is 9.99. The number of nitrogens with zero attached hydrogens (tertiary/aromatic N) is 1. The summed E-state index contributed by atoms with van der Waals surface area (Å²) in [6.07, 6.45) is 2.46. The summed E-state index contributed by atoms with van der Waals surface area (Å²) in [7, 11) is 1.79. The van der Waals surface area contributed by atoms with Crippen molar-refractivity contribution in [3.05, 3.63) is 29.8 Å². The van der Waals surface area contributed by atoms with E-state index in [1.165, 1.54) is 5.56 Å². The SMILES string of the molecule is COC1CCN(CCOc2ccccc2C)C(CN)C1. The molecule has 0 saturated carbocycles. The van der Waals surface area contributed by atoms with Gasteiger partial charge in [0.15, 0.2) is 0 Å². The number of likely N-dealkylation sites (tertiary alicyclic amines) is 1. The predicted octanol–water partition coefficient (Wildman–Crippen LogP) is 1.81. The molecule has 4 heteroatoms. The van der Waals surface area contributed by atoms with Crippen LogP contribution in [0.25, 0.3) is 0 Å². The Morgan fingerprint density at radius 2 is 2.15 bits per heavy atom. The van der Waals surface area contributed by atoms with Gasteiger partial charge in [0, 0.05) is 32.8 Å². The molecule has 0 amide bonds. The van der Waals surface area contributed by atoms with Crippen LogP contribution in [0.15, 0.2) is 24.3 Å². The lowest BCUT2D eigenvalue weighted by Crippen LogP contribution is -2.49. The molecule has 112 valence electrons. The van der Waals surface area contributed by atoms with E-state index in [-0.39, 0.29) is 0 Å². The van der Waals surface area contributed by atoms with Crippen molar-refractivity contribution < 1.29 is 9.47 Å². The molecular formula is C16H26N2O2. The normalized spacial score (nSPS) is 23.8. The largest absolute Gasteiger partial charge is 0.492 e. The van der Waals surface area contributed by atoms with Crippen molar-refractivity contribution in [2.75, 3.05) is 33.4 Å². The Morgan fingerprint density at radius 1 is 1.35 bits per heavy atom. The fourth-order valence-electron chi connectivity index (χ4n) is 2.81. The van der Waals surface area contributed by atoms with Gasteiger partial charge in [-0.3, -0.25) is 4.90 Å². The van der Waals surface area contributed by atoms with Gasteiger partial charge in [0.25, 0.3) is 0 Å².